The van der Waals surface area contributed by atoms with Gasteiger partial charge in [-0.1, -0.05) is 12.1 Å². The Morgan fingerprint density at radius 2 is 2.04 bits per heavy atom. The SMILES string of the molecule is CN1CCC[C@H](NC(=O)NCC2(c3ccc(F)cc3)CCOCC2)C1. The second-order valence-corrected chi connectivity index (χ2v) is 7.33. The van der Waals surface area contributed by atoms with Crippen LogP contribution in [0.1, 0.15) is 31.2 Å². The van der Waals surface area contributed by atoms with Gasteiger partial charge in [0.25, 0.3) is 0 Å². The fourth-order valence-corrected chi connectivity index (χ4v) is 3.90. The number of nitrogens with zero attached hydrogens (tertiary/aromatic N) is 1. The predicted octanol–water partition coefficient (Wildman–Crippen LogP) is 2.27. The number of hydrogen-bond donors (Lipinski definition) is 2. The lowest BCUT2D eigenvalue weighted by molar-refractivity contribution is 0.0506. The number of piperidine rings is 1. The molecule has 2 heterocycles. The minimum absolute atomic E-state index is 0.117. The molecule has 2 aliphatic rings. The molecule has 0 saturated carbocycles. The normalized spacial score (nSPS) is 23.8. The van der Waals surface area contributed by atoms with E-state index in [1.54, 1.807) is 0 Å². The maximum Gasteiger partial charge on any atom is 0.315 e. The first-order valence-corrected chi connectivity index (χ1v) is 9.14. The number of benzene rings is 1. The van der Waals surface area contributed by atoms with Gasteiger partial charge >= 0.3 is 6.03 Å². The van der Waals surface area contributed by atoms with E-state index in [-0.39, 0.29) is 23.3 Å². The van der Waals surface area contributed by atoms with Crippen LogP contribution >= 0.6 is 0 Å². The van der Waals surface area contributed by atoms with E-state index >= 15 is 0 Å². The van der Waals surface area contributed by atoms with Crippen molar-refractivity contribution in [3.05, 3.63) is 35.6 Å². The number of rotatable bonds is 4. The Morgan fingerprint density at radius 3 is 2.72 bits per heavy atom. The van der Waals surface area contributed by atoms with Crippen molar-refractivity contribution in [2.24, 2.45) is 0 Å². The van der Waals surface area contributed by atoms with Crippen molar-refractivity contribution in [2.75, 3.05) is 39.9 Å². The molecule has 25 heavy (non-hydrogen) atoms. The highest BCUT2D eigenvalue weighted by Gasteiger charge is 2.35. The van der Waals surface area contributed by atoms with Crippen LogP contribution in [0.15, 0.2) is 24.3 Å². The van der Waals surface area contributed by atoms with E-state index < -0.39 is 0 Å². The third-order valence-corrected chi connectivity index (χ3v) is 5.45. The van der Waals surface area contributed by atoms with E-state index in [0.717, 1.165) is 44.3 Å². The Morgan fingerprint density at radius 1 is 1.32 bits per heavy atom. The highest BCUT2D eigenvalue weighted by molar-refractivity contribution is 5.74. The second-order valence-electron chi connectivity index (χ2n) is 7.33. The molecule has 1 aromatic rings. The number of carbonyl (C=O) groups is 1. The number of halogens is 1. The van der Waals surface area contributed by atoms with Crippen LogP contribution in [0.25, 0.3) is 0 Å². The molecule has 1 atom stereocenters. The minimum Gasteiger partial charge on any atom is -0.381 e. The van der Waals surface area contributed by atoms with E-state index in [1.165, 1.54) is 12.1 Å². The summed E-state index contributed by atoms with van der Waals surface area (Å²) in [5.74, 6) is -0.238. The summed E-state index contributed by atoms with van der Waals surface area (Å²) < 4.78 is 18.8. The summed E-state index contributed by atoms with van der Waals surface area (Å²) in [7, 11) is 2.08. The lowest BCUT2D eigenvalue weighted by Crippen LogP contribution is -2.52. The topological polar surface area (TPSA) is 53.6 Å². The summed E-state index contributed by atoms with van der Waals surface area (Å²) >= 11 is 0. The number of nitrogens with one attached hydrogen (secondary N) is 2. The maximum absolute atomic E-state index is 13.3. The molecule has 1 aromatic carbocycles. The molecule has 0 radical (unpaired) electrons. The molecule has 2 saturated heterocycles. The Kier molecular flexibility index (Phi) is 5.91. The standard InChI is InChI=1S/C19H28FN3O2/c1-23-10-2-3-17(13-23)22-18(24)21-14-19(8-11-25-12-9-19)15-4-6-16(20)7-5-15/h4-7,17H,2-3,8-14H2,1H3,(H2,21,22,24)/t17-/m0/s1. The van der Waals surface area contributed by atoms with Gasteiger partial charge < -0.3 is 20.3 Å². The van der Waals surface area contributed by atoms with Crippen molar-refractivity contribution in [3.63, 3.8) is 0 Å². The van der Waals surface area contributed by atoms with Crippen LogP contribution in [-0.2, 0) is 10.2 Å². The first kappa shape index (κ1) is 18.1. The second kappa shape index (κ2) is 8.15. The van der Waals surface area contributed by atoms with Gasteiger partial charge in [0.05, 0.1) is 0 Å². The third-order valence-electron chi connectivity index (χ3n) is 5.45. The first-order chi connectivity index (χ1) is 12.1. The molecule has 0 spiro atoms. The average Bonchev–Trinajstić information content (AvgIpc) is 2.61. The molecule has 138 valence electrons. The van der Waals surface area contributed by atoms with Gasteiger partial charge in [0.2, 0.25) is 0 Å². The van der Waals surface area contributed by atoms with E-state index in [9.17, 15) is 9.18 Å². The molecule has 6 heteroatoms. The molecule has 5 nitrogen and oxygen atoms in total. The number of likely N-dealkylation sites (N-methyl/N-ethyl adjacent to an activating group) is 1. The van der Waals surface area contributed by atoms with Crippen molar-refractivity contribution in [2.45, 2.75) is 37.1 Å². The van der Waals surface area contributed by atoms with E-state index in [0.29, 0.717) is 19.8 Å². The molecular formula is C19H28FN3O2. The van der Waals surface area contributed by atoms with Crippen LogP contribution < -0.4 is 10.6 Å². The Balaban J connectivity index is 1.60. The molecule has 2 amide bonds. The molecule has 0 unspecified atom stereocenters. The summed E-state index contributed by atoms with van der Waals surface area (Å²) in [4.78, 5) is 14.6. The van der Waals surface area contributed by atoms with E-state index in [4.69, 9.17) is 4.74 Å². The molecule has 2 aliphatic heterocycles. The van der Waals surface area contributed by atoms with Crippen LogP contribution in [0, 0.1) is 5.82 Å². The van der Waals surface area contributed by atoms with Crippen LogP contribution in [-0.4, -0.2) is 56.9 Å². The molecule has 3 rings (SSSR count). The molecular weight excluding hydrogens is 321 g/mol. The molecule has 2 fully saturated rings. The van der Waals surface area contributed by atoms with Crippen LogP contribution in [0.4, 0.5) is 9.18 Å². The van der Waals surface area contributed by atoms with Gasteiger partial charge in [-0.25, -0.2) is 9.18 Å². The monoisotopic (exact) mass is 349 g/mol. The average molecular weight is 349 g/mol. The van der Waals surface area contributed by atoms with Gasteiger partial charge in [0, 0.05) is 37.8 Å². The smallest absolute Gasteiger partial charge is 0.315 e. The Hall–Kier alpha value is -1.66. The van der Waals surface area contributed by atoms with Gasteiger partial charge in [-0.3, -0.25) is 0 Å². The zero-order chi connectivity index (χ0) is 17.7. The molecule has 0 aliphatic carbocycles. The van der Waals surface area contributed by atoms with Gasteiger partial charge in [0.15, 0.2) is 0 Å². The predicted molar refractivity (Wildman–Crippen MR) is 95.2 cm³/mol. The van der Waals surface area contributed by atoms with Crippen LogP contribution in [0.5, 0.6) is 0 Å². The van der Waals surface area contributed by atoms with Gasteiger partial charge in [-0.15, -0.1) is 0 Å². The largest absolute Gasteiger partial charge is 0.381 e. The van der Waals surface area contributed by atoms with Crippen LogP contribution in [0.3, 0.4) is 0 Å². The fourth-order valence-electron chi connectivity index (χ4n) is 3.90. The highest BCUT2D eigenvalue weighted by Crippen LogP contribution is 2.34. The summed E-state index contributed by atoms with van der Waals surface area (Å²) in [6.07, 6.45) is 3.78. The van der Waals surface area contributed by atoms with Gasteiger partial charge in [0.1, 0.15) is 5.82 Å². The summed E-state index contributed by atoms with van der Waals surface area (Å²) in [6, 6.07) is 6.73. The number of urea groups is 1. The Labute approximate surface area is 148 Å². The summed E-state index contributed by atoms with van der Waals surface area (Å²) in [5.41, 5.74) is 0.877. The molecule has 2 N–H and O–H groups in total. The Bertz CT molecular complexity index is 573. The highest BCUT2D eigenvalue weighted by atomic mass is 19.1. The molecule has 0 aromatic heterocycles. The van der Waals surface area contributed by atoms with Gasteiger partial charge in [-0.05, 0) is 57.0 Å². The number of amides is 2. The van der Waals surface area contributed by atoms with Crippen molar-refractivity contribution in [1.82, 2.24) is 15.5 Å². The summed E-state index contributed by atoms with van der Waals surface area (Å²) in [6.45, 7) is 3.84. The minimum atomic E-state index is -0.238. The number of ether oxygens (including phenoxy) is 1. The quantitative estimate of drug-likeness (QED) is 0.877. The lowest BCUT2D eigenvalue weighted by atomic mass is 9.74. The first-order valence-electron chi connectivity index (χ1n) is 9.14. The fraction of sp³-hybridized carbons (Fsp3) is 0.632. The number of hydrogen-bond acceptors (Lipinski definition) is 3. The lowest BCUT2D eigenvalue weighted by Gasteiger charge is -2.38. The zero-order valence-electron chi connectivity index (χ0n) is 14.9. The van der Waals surface area contributed by atoms with Gasteiger partial charge in [-0.2, -0.15) is 0 Å². The molecule has 0 bridgehead atoms. The van der Waals surface area contributed by atoms with Crippen molar-refractivity contribution >= 4 is 6.03 Å². The summed E-state index contributed by atoms with van der Waals surface area (Å²) in [5, 5.41) is 6.13. The number of likely N-dealkylation sites (tertiary alicyclic amines) is 1. The van der Waals surface area contributed by atoms with Crippen molar-refractivity contribution in [1.29, 1.82) is 0 Å². The third kappa shape index (κ3) is 4.70. The zero-order valence-corrected chi connectivity index (χ0v) is 14.9. The maximum atomic E-state index is 13.3. The van der Waals surface area contributed by atoms with E-state index in [1.807, 2.05) is 12.1 Å². The van der Waals surface area contributed by atoms with Crippen LogP contribution in [0.2, 0.25) is 0 Å². The van der Waals surface area contributed by atoms with Crippen molar-refractivity contribution in [3.8, 4) is 0 Å². The van der Waals surface area contributed by atoms with E-state index in [2.05, 4.69) is 22.6 Å². The van der Waals surface area contributed by atoms with Crippen molar-refractivity contribution < 1.29 is 13.9 Å². The number of carbonyl (C=O) groups excluding carboxylic acids is 1.